The zero-order valence-electron chi connectivity index (χ0n) is 13.2. The van der Waals surface area contributed by atoms with Crippen LogP contribution >= 0.6 is 11.6 Å². The minimum Gasteiger partial charge on any atom is -0.466 e. The van der Waals surface area contributed by atoms with Gasteiger partial charge in [-0.1, -0.05) is 23.7 Å². The van der Waals surface area contributed by atoms with Crippen molar-refractivity contribution in [2.75, 3.05) is 13.6 Å². The predicted octanol–water partition coefficient (Wildman–Crippen LogP) is 3.46. The minimum atomic E-state index is 0.698. The Hall–Kier alpha value is -1.94. The molecular formula is C17H22ClN3O. The van der Waals surface area contributed by atoms with Crippen molar-refractivity contribution in [3.8, 4) is 0 Å². The topological polar surface area (TPSA) is 49.6 Å². The minimum absolute atomic E-state index is 0.698. The van der Waals surface area contributed by atoms with E-state index in [1.807, 2.05) is 44.2 Å². The fourth-order valence-corrected chi connectivity index (χ4v) is 2.36. The van der Waals surface area contributed by atoms with Gasteiger partial charge in [-0.25, -0.2) is 0 Å². The van der Waals surface area contributed by atoms with Gasteiger partial charge in [0.05, 0.1) is 0 Å². The molecule has 0 atom stereocenters. The summed E-state index contributed by atoms with van der Waals surface area (Å²) in [7, 11) is 1.77. The third kappa shape index (κ3) is 4.81. The van der Waals surface area contributed by atoms with Gasteiger partial charge in [-0.3, -0.25) is 4.99 Å². The van der Waals surface area contributed by atoms with Gasteiger partial charge in [-0.05, 0) is 44.0 Å². The number of furan rings is 1. The molecule has 0 aliphatic rings. The van der Waals surface area contributed by atoms with Crippen molar-refractivity contribution in [2.24, 2.45) is 4.99 Å². The van der Waals surface area contributed by atoms with Crippen molar-refractivity contribution in [1.29, 1.82) is 0 Å². The molecule has 2 rings (SSSR count). The first-order valence-corrected chi connectivity index (χ1v) is 7.71. The van der Waals surface area contributed by atoms with Gasteiger partial charge in [0.1, 0.15) is 11.5 Å². The fourth-order valence-electron chi connectivity index (χ4n) is 2.23. The molecule has 5 heteroatoms. The van der Waals surface area contributed by atoms with Crippen LogP contribution < -0.4 is 10.6 Å². The highest BCUT2D eigenvalue weighted by Gasteiger charge is 2.05. The zero-order valence-corrected chi connectivity index (χ0v) is 14.0. The molecule has 0 saturated carbocycles. The van der Waals surface area contributed by atoms with Gasteiger partial charge in [0, 0.05) is 30.7 Å². The van der Waals surface area contributed by atoms with Gasteiger partial charge in [-0.15, -0.1) is 0 Å². The van der Waals surface area contributed by atoms with Crippen LogP contribution in [0.15, 0.2) is 39.7 Å². The Morgan fingerprint density at radius 3 is 2.50 bits per heavy atom. The van der Waals surface area contributed by atoms with Crippen LogP contribution in [-0.2, 0) is 13.0 Å². The quantitative estimate of drug-likeness (QED) is 0.655. The molecular weight excluding hydrogens is 298 g/mol. The third-order valence-corrected chi connectivity index (χ3v) is 3.69. The lowest BCUT2D eigenvalue weighted by Crippen LogP contribution is -2.37. The average molecular weight is 320 g/mol. The number of hydrogen-bond donors (Lipinski definition) is 2. The van der Waals surface area contributed by atoms with E-state index in [0.717, 1.165) is 41.0 Å². The van der Waals surface area contributed by atoms with Gasteiger partial charge in [-0.2, -0.15) is 0 Å². The molecule has 2 aromatic rings. The van der Waals surface area contributed by atoms with Crippen molar-refractivity contribution in [1.82, 2.24) is 10.6 Å². The molecule has 0 saturated heterocycles. The zero-order chi connectivity index (χ0) is 15.9. The summed E-state index contributed by atoms with van der Waals surface area (Å²) in [6.45, 7) is 5.44. The normalized spacial score (nSPS) is 11.5. The van der Waals surface area contributed by atoms with Crippen LogP contribution in [0.5, 0.6) is 0 Å². The molecule has 2 N–H and O–H groups in total. The molecule has 0 amide bonds. The number of rotatable bonds is 5. The summed E-state index contributed by atoms with van der Waals surface area (Å²) in [5, 5.41) is 7.36. The van der Waals surface area contributed by atoms with Crippen molar-refractivity contribution < 1.29 is 4.42 Å². The first-order valence-electron chi connectivity index (χ1n) is 7.33. The van der Waals surface area contributed by atoms with Gasteiger partial charge in [0.15, 0.2) is 5.96 Å². The van der Waals surface area contributed by atoms with Gasteiger partial charge < -0.3 is 15.1 Å². The molecule has 1 heterocycles. The maximum Gasteiger partial charge on any atom is 0.191 e. The van der Waals surface area contributed by atoms with Crippen molar-refractivity contribution in [3.63, 3.8) is 0 Å². The SMILES string of the molecule is CN=C(NCCc1ccc(Cl)cc1)NCc1cc(C)oc1C. The van der Waals surface area contributed by atoms with E-state index in [1.54, 1.807) is 7.05 Å². The van der Waals surface area contributed by atoms with Crippen LogP contribution in [0.1, 0.15) is 22.6 Å². The molecule has 0 spiro atoms. The highest BCUT2D eigenvalue weighted by atomic mass is 35.5. The van der Waals surface area contributed by atoms with Crippen LogP contribution in [0.2, 0.25) is 5.02 Å². The summed E-state index contributed by atoms with van der Waals surface area (Å²) in [5.41, 5.74) is 2.40. The summed E-state index contributed by atoms with van der Waals surface area (Å²) in [6.07, 6.45) is 0.918. The number of hydrogen-bond acceptors (Lipinski definition) is 2. The Kier molecular flexibility index (Phi) is 5.90. The van der Waals surface area contributed by atoms with Crippen LogP contribution in [0.25, 0.3) is 0 Å². The molecule has 0 bridgehead atoms. The lowest BCUT2D eigenvalue weighted by molar-refractivity contribution is 0.500. The Morgan fingerprint density at radius 2 is 1.91 bits per heavy atom. The van der Waals surface area contributed by atoms with E-state index < -0.39 is 0 Å². The molecule has 0 unspecified atom stereocenters. The average Bonchev–Trinajstić information content (AvgIpc) is 2.82. The predicted molar refractivity (Wildman–Crippen MR) is 91.5 cm³/mol. The van der Waals surface area contributed by atoms with Crippen molar-refractivity contribution >= 4 is 17.6 Å². The maximum atomic E-state index is 5.88. The number of benzene rings is 1. The molecule has 1 aromatic carbocycles. The molecule has 0 aliphatic carbocycles. The fraction of sp³-hybridized carbons (Fsp3) is 0.353. The number of aliphatic imine (C=N–C) groups is 1. The summed E-state index contributed by atoms with van der Waals surface area (Å²) < 4.78 is 5.52. The summed E-state index contributed by atoms with van der Waals surface area (Å²) in [6, 6.07) is 9.95. The summed E-state index contributed by atoms with van der Waals surface area (Å²) in [4.78, 5) is 4.23. The van der Waals surface area contributed by atoms with Gasteiger partial charge >= 0.3 is 0 Å². The smallest absolute Gasteiger partial charge is 0.191 e. The number of nitrogens with zero attached hydrogens (tertiary/aromatic N) is 1. The molecule has 22 heavy (non-hydrogen) atoms. The lowest BCUT2D eigenvalue weighted by Gasteiger charge is -2.11. The number of guanidine groups is 1. The second-order valence-corrected chi connectivity index (χ2v) is 5.60. The second-order valence-electron chi connectivity index (χ2n) is 5.17. The molecule has 0 fully saturated rings. The van der Waals surface area contributed by atoms with E-state index in [2.05, 4.69) is 15.6 Å². The first kappa shape index (κ1) is 16.4. The van der Waals surface area contributed by atoms with E-state index in [1.165, 1.54) is 5.56 Å². The second kappa shape index (κ2) is 7.90. The first-order chi connectivity index (χ1) is 10.6. The van der Waals surface area contributed by atoms with Crippen molar-refractivity contribution in [3.05, 3.63) is 58.0 Å². The monoisotopic (exact) mass is 319 g/mol. The van der Waals surface area contributed by atoms with Crippen LogP contribution in [0.4, 0.5) is 0 Å². The Morgan fingerprint density at radius 1 is 1.18 bits per heavy atom. The summed E-state index contributed by atoms with van der Waals surface area (Å²) in [5.74, 6) is 2.66. The Balaban J connectivity index is 1.78. The number of halogens is 1. The highest BCUT2D eigenvalue weighted by molar-refractivity contribution is 6.30. The Bertz CT molecular complexity index is 632. The molecule has 118 valence electrons. The maximum absolute atomic E-state index is 5.88. The molecule has 4 nitrogen and oxygen atoms in total. The number of nitrogens with one attached hydrogen (secondary N) is 2. The van der Waals surface area contributed by atoms with Crippen LogP contribution in [0.3, 0.4) is 0 Å². The largest absolute Gasteiger partial charge is 0.466 e. The third-order valence-electron chi connectivity index (χ3n) is 3.43. The van der Waals surface area contributed by atoms with E-state index in [-0.39, 0.29) is 0 Å². The highest BCUT2D eigenvalue weighted by Crippen LogP contribution is 2.13. The van der Waals surface area contributed by atoms with E-state index in [9.17, 15) is 0 Å². The van der Waals surface area contributed by atoms with Gasteiger partial charge in [0.25, 0.3) is 0 Å². The standard InChI is InChI=1S/C17H22ClN3O/c1-12-10-15(13(2)22-12)11-21-17(19-3)20-9-8-14-4-6-16(18)7-5-14/h4-7,10H,8-9,11H2,1-3H3,(H2,19,20,21). The van der Waals surface area contributed by atoms with Crippen LogP contribution in [0, 0.1) is 13.8 Å². The molecule has 1 aromatic heterocycles. The molecule has 0 aliphatic heterocycles. The van der Waals surface area contributed by atoms with Crippen molar-refractivity contribution in [2.45, 2.75) is 26.8 Å². The molecule has 0 radical (unpaired) electrons. The Labute approximate surface area is 136 Å². The lowest BCUT2D eigenvalue weighted by atomic mass is 10.1. The van der Waals surface area contributed by atoms with E-state index >= 15 is 0 Å². The van der Waals surface area contributed by atoms with E-state index in [4.69, 9.17) is 16.0 Å². The van der Waals surface area contributed by atoms with Crippen LogP contribution in [-0.4, -0.2) is 19.6 Å². The van der Waals surface area contributed by atoms with Gasteiger partial charge in [0.2, 0.25) is 0 Å². The summed E-state index contributed by atoms with van der Waals surface area (Å²) >= 11 is 5.88. The van der Waals surface area contributed by atoms with E-state index in [0.29, 0.717) is 6.54 Å². The number of aryl methyl sites for hydroxylation is 2.